The third-order valence-electron chi connectivity index (χ3n) is 3.36. The topological polar surface area (TPSA) is 93.7 Å². The van der Waals surface area contributed by atoms with Crippen LogP contribution < -0.4 is 19.5 Å². The number of carbonyl (C=O) groups is 1. The second kappa shape index (κ2) is 9.93. The summed E-state index contributed by atoms with van der Waals surface area (Å²) < 4.78 is 37.7. The van der Waals surface area contributed by atoms with Crippen molar-refractivity contribution in [3.63, 3.8) is 0 Å². The van der Waals surface area contributed by atoms with Crippen LogP contribution in [0.1, 0.15) is 0 Å². The summed E-state index contributed by atoms with van der Waals surface area (Å²) in [6.07, 6.45) is 0. The van der Waals surface area contributed by atoms with Gasteiger partial charge in [0.15, 0.2) is 6.61 Å². The SMILES string of the molecule is COc1ccc(S(=O)(=O)NCCNC(=O)COc2ccc(Cl)cc2Br)cc1. The Balaban J connectivity index is 1.74. The van der Waals surface area contributed by atoms with Gasteiger partial charge in [0.25, 0.3) is 5.91 Å². The molecule has 2 aromatic carbocycles. The van der Waals surface area contributed by atoms with Crippen LogP contribution in [0.2, 0.25) is 5.02 Å². The Morgan fingerprint density at radius 1 is 1.15 bits per heavy atom. The van der Waals surface area contributed by atoms with Gasteiger partial charge in [-0.3, -0.25) is 4.79 Å². The molecule has 27 heavy (non-hydrogen) atoms. The van der Waals surface area contributed by atoms with Crippen LogP contribution in [0.5, 0.6) is 11.5 Å². The quantitative estimate of drug-likeness (QED) is 0.542. The number of methoxy groups -OCH3 is 1. The number of hydrogen-bond donors (Lipinski definition) is 2. The van der Waals surface area contributed by atoms with E-state index in [2.05, 4.69) is 26.0 Å². The first-order valence-electron chi connectivity index (χ1n) is 7.80. The molecule has 2 rings (SSSR count). The van der Waals surface area contributed by atoms with E-state index in [-0.39, 0.29) is 30.5 Å². The predicted molar refractivity (Wildman–Crippen MR) is 106 cm³/mol. The molecule has 0 aliphatic heterocycles. The van der Waals surface area contributed by atoms with Crippen molar-refractivity contribution >= 4 is 43.5 Å². The highest BCUT2D eigenvalue weighted by Gasteiger charge is 2.13. The maximum absolute atomic E-state index is 12.1. The smallest absolute Gasteiger partial charge is 0.257 e. The summed E-state index contributed by atoms with van der Waals surface area (Å²) in [6.45, 7) is -0.0322. The molecule has 0 aliphatic carbocycles. The second-order valence-corrected chi connectivity index (χ2v) is 8.34. The summed E-state index contributed by atoms with van der Waals surface area (Å²) in [5.41, 5.74) is 0. The molecule has 0 aromatic heterocycles. The van der Waals surface area contributed by atoms with Gasteiger partial charge in [-0.1, -0.05) is 11.6 Å². The predicted octanol–water partition coefficient (Wildman–Crippen LogP) is 2.58. The van der Waals surface area contributed by atoms with Gasteiger partial charge in [0.2, 0.25) is 10.0 Å². The maximum atomic E-state index is 12.1. The van der Waals surface area contributed by atoms with Gasteiger partial charge in [-0.15, -0.1) is 0 Å². The lowest BCUT2D eigenvalue weighted by atomic mass is 10.3. The van der Waals surface area contributed by atoms with Crippen molar-refractivity contribution in [1.29, 1.82) is 0 Å². The van der Waals surface area contributed by atoms with Crippen molar-refractivity contribution < 1.29 is 22.7 Å². The van der Waals surface area contributed by atoms with Gasteiger partial charge in [0, 0.05) is 18.1 Å². The molecule has 0 aliphatic rings. The molecule has 2 aromatic rings. The Morgan fingerprint density at radius 3 is 2.48 bits per heavy atom. The fourth-order valence-electron chi connectivity index (χ4n) is 2.01. The zero-order chi connectivity index (χ0) is 19.9. The number of sulfonamides is 1. The van der Waals surface area contributed by atoms with Crippen molar-refractivity contribution in [3.8, 4) is 11.5 Å². The second-order valence-electron chi connectivity index (χ2n) is 5.29. The van der Waals surface area contributed by atoms with Crippen LogP contribution in [0.4, 0.5) is 0 Å². The highest BCUT2D eigenvalue weighted by molar-refractivity contribution is 9.10. The largest absolute Gasteiger partial charge is 0.497 e. The van der Waals surface area contributed by atoms with Gasteiger partial charge in [-0.2, -0.15) is 0 Å². The Hall–Kier alpha value is -1.81. The third kappa shape index (κ3) is 6.69. The first-order chi connectivity index (χ1) is 12.8. The lowest BCUT2D eigenvalue weighted by Gasteiger charge is -2.10. The zero-order valence-corrected chi connectivity index (χ0v) is 17.5. The Morgan fingerprint density at radius 2 is 1.85 bits per heavy atom. The number of nitrogens with one attached hydrogen (secondary N) is 2. The summed E-state index contributed by atoms with van der Waals surface area (Å²) in [5, 5.41) is 3.12. The van der Waals surface area contributed by atoms with E-state index in [0.29, 0.717) is 21.0 Å². The minimum atomic E-state index is -3.65. The van der Waals surface area contributed by atoms with Gasteiger partial charge in [-0.25, -0.2) is 13.1 Å². The van der Waals surface area contributed by atoms with Gasteiger partial charge >= 0.3 is 0 Å². The maximum Gasteiger partial charge on any atom is 0.257 e. The Bertz CT molecular complexity index is 891. The third-order valence-corrected chi connectivity index (χ3v) is 5.69. The molecule has 0 spiro atoms. The summed E-state index contributed by atoms with van der Waals surface area (Å²) in [5.74, 6) is 0.670. The van der Waals surface area contributed by atoms with Gasteiger partial charge in [0.05, 0.1) is 16.5 Å². The summed E-state index contributed by atoms with van der Waals surface area (Å²) >= 11 is 9.12. The molecule has 1 amide bonds. The number of ether oxygens (including phenoxy) is 2. The van der Waals surface area contributed by atoms with E-state index in [9.17, 15) is 13.2 Å². The molecule has 0 fully saturated rings. The first kappa shape index (κ1) is 21.5. The molecule has 0 saturated heterocycles. The highest BCUT2D eigenvalue weighted by Crippen LogP contribution is 2.27. The van der Waals surface area contributed by atoms with Gasteiger partial charge in [0.1, 0.15) is 11.5 Å². The Kier molecular flexibility index (Phi) is 7.91. The minimum absolute atomic E-state index is 0.0464. The summed E-state index contributed by atoms with van der Waals surface area (Å²) in [6, 6.07) is 10.9. The van der Waals surface area contributed by atoms with E-state index in [1.807, 2.05) is 0 Å². The normalized spacial score (nSPS) is 11.1. The molecule has 0 saturated carbocycles. The van der Waals surface area contributed by atoms with Crippen LogP contribution in [0, 0.1) is 0 Å². The van der Waals surface area contributed by atoms with Crippen molar-refractivity contribution in [1.82, 2.24) is 10.0 Å². The van der Waals surface area contributed by atoms with Crippen molar-refractivity contribution in [2.45, 2.75) is 4.90 Å². The van der Waals surface area contributed by atoms with Gasteiger partial charge in [-0.05, 0) is 58.4 Å². The highest BCUT2D eigenvalue weighted by atomic mass is 79.9. The fraction of sp³-hybridized carbons (Fsp3) is 0.235. The molecule has 0 heterocycles. The number of halogens is 2. The van der Waals surface area contributed by atoms with Crippen LogP contribution in [0.15, 0.2) is 51.8 Å². The molecule has 0 atom stereocenters. The number of carbonyl (C=O) groups excluding carboxylic acids is 1. The van der Waals surface area contributed by atoms with Gasteiger partial charge < -0.3 is 14.8 Å². The molecular formula is C17H18BrClN2O5S. The standard InChI is InChI=1S/C17H18BrClN2O5S/c1-25-13-3-5-14(6-4-13)27(23,24)21-9-8-20-17(22)11-26-16-7-2-12(19)10-15(16)18/h2-7,10,21H,8-9,11H2,1H3,(H,20,22). The molecule has 146 valence electrons. The van der Waals surface area contributed by atoms with Crippen LogP contribution in [-0.2, 0) is 14.8 Å². The molecule has 0 radical (unpaired) electrons. The van der Waals surface area contributed by atoms with E-state index in [0.717, 1.165) is 0 Å². The zero-order valence-electron chi connectivity index (χ0n) is 14.4. The number of hydrogen-bond acceptors (Lipinski definition) is 5. The van der Waals surface area contributed by atoms with Crippen LogP contribution in [0.3, 0.4) is 0 Å². The average Bonchev–Trinajstić information content (AvgIpc) is 2.64. The monoisotopic (exact) mass is 476 g/mol. The van der Waals surface area contributed by atoms with Crippen LogP contribution in [0.25, 0.3) is 0 Å². The van der Waals surface area contributed by atoms with E-state index in [1.54, 1.807) is 30.3 Å². The Labute approximate surface area is 171 Å². The van der Waals surface area contributed by atoms with Crippen molar-refractivity contribution in [3.05, 3.63) is 52.0 Å². The molecule has 7 nitrogen and oxygen atoms in total. The first-order valence-corrected chi connectivity index (χ1v) is 10.5. The number of amides is 1. The van der Waals surface area contributed by atoms with E-state index in [1.165, 1.54) is 19.2 Å². The van der Waals surface area contributed by atoms with Crippen molar-refractivity contribution in [2.24, 2.45) is 0 Å². The van der Waals surface area contributed by atoms with E-state index >= 15 is 0 Å². The number of rotatable bonds is 9. The van der Waals surface area contributed by atoms with E-state index in [4.69, 9.17) is 21.1 Å². The average molecular weight is 478 g/mol. The minimum Gasteiger partial charge on any atom is -0.497 e. The molecule has 10 heteroatoms. The summed E-state index contributed by atoms with van der Waals surface area (Å²) in [4.78, 5) is 11.9. The fourth-order valence-corrected chi connectivity index (χ4v) is 3.84. The van der Waals surface area contributed by atoms with Crippen LogP contribution >= 0.6 is 27.5 Å². The summed E-state index contributed by atoms with van der Waals surface area (Å²) in [7, 11) is -2.16. The molecule has 2 N–H and O–H groups in total. The lowest BCUT2D eigenvalue weighted by Crippen LogP contribution is -2.36. The van der Waals surface area contributed by atoms with Crippen LogP contribution in [-0.4, -0.2) is 41.1 Å². The van der Waals surface area contributed by atoms with Crippen molar-refractivity contribution in [2.75, 3.05) is 26.8 Å². The molecule has 0 unspecified atom stereocenters. The lowest BCUT2D eigenvalue weighted by molar-refractivity contribution is -0.123. The van der Waals surface area contributed by atoms with E-state index < -0.39 is 10.0 Å². The molecule has 0 bridgehead atoms. The number of benzene rings is 2. The molecular weight excluding hydrogens is 460 g/mol.